The Bertz CT molecular complexity index is 498. The zero-order valence-corrected chi connectivity index (χ0v) is 10.4. The van der Waals surface area contributed by atoms with Crippen LogP contribution in [0.4, 0.5) is 0 Å². The fourth-order valence-corrected chi connectivity index (χ4v) is 4.18. The lowest BCUT2D eigenvalue weighted by atomic mass is 10.1. The third kappa shape index (κ3) is 2.10. The molecule has 0 aliphatic heterocycles. The molecule has 1 fully saturated rings. The summed E-state index contributed by atoms with van der Waals surface area (Å²) < 4.78 is 23.0. The highest BCUT2D eigenvalue weighted by Crippen LogP contribution is 2.51. The van der Waals surface area contributed by atoms with E-state index in [-0.39, 0.29) is 18.4 Å². The van der Waals surface area contributed by atoms with Crippen LogP contribution in [0.3, 0.4) is 0 Å². The molecule has 0 unspecified atom stereocenters. The summed E-state index contributed by atoms with van der Waals surface area (Å²) in [7, 11) is -3.10. The van der Waals surface area contributed by atoms with Crippen LogP contribution in [0.1, 0.15) is 11.5 Å². The van der Waals surface area contributed by atoms with Gasteiger partial charge < -0.3 is 5.11 Å². The second kappa shape index (κ2) is 4.02. The number of aliphatic hydroxyl groups is 1. The van der Waals surface area contributed by atoms with Gasteiger partial charge in [-0.25, -0.2) is 8.42 Å². The van der Waals surface area contributed by atoms with Crippen molar-refractivity contribution in [1.29, 1.82) is 0 Å². The predicted molar refractivity (Wildman–Crippen MR) is 63.4 cm³/mol. The lowest BCUT2D eigenvalue weighted by Crippen LogP contribution is -2.08. The Kier molecular flexibility index (Phi) is 2.99. The average molecular weight is 261 g/mol. The van der Waals surface area contributed by atoms with Crippen molar-refractivity contribution in [2.75, 3.05) is 12.9 Å². The monoisotopic (exact) mass is 260 g/mol. The average Bonchev–Trinajstić information content (AvgIpc) is 2.91. The van der Waals surface area contributed by atoms with Crippen LogP contribution in [0.2, 0.25) is 5.02 Å². The first-order valence-corrected chi connectivity index (χ1v) is 7.33. The van der Waals surface area contributed by atoms with E-state index < -0.39 is 15.1 Å². The van der Waals surface area contributed by atoms with Crippen LogP contribution in [0.5, 0.6) is 0 Å². The number of hydrogen-bond donors (Lipinski definition) is 1. The lowest BCUT2D eigenvalue weighted by Gasteiger charge is -1.99. The summed E-state index contributed by atoms with van der Waals surface area (Å²) in [6.07, 6.45) is 1.21. The Labute approximate surface area is 100.0 Å². The second-order valence-electron chi connectivity index (χ2n) is 4.22. The Morgan fingerprint density at radius 3 is 2.56 bits per heavy atom. The summed E-state index contributed by atoms with van der Waals surface area (Å²) in [4.78, 5) is 0. The van der Waals surface area contributed by atoms with Gasteiger partial charge >= 0.3 is 0 Å². The fraction of sp³-hybridized carbons (Fsp3) is 0.455. The minimum atomic E-state index is -3.10. The molecule has 0 aromatic heterocycles. The van der Waals surface area contributed by atoms with Crippen molar-refractivity contribution in [3.05, 3.63) is 34.9 Å². The first kappa shape index (κ1) is 11.9. The van der Waals surface area contributed by atoms with Gasteiger partial charge in [-0.1, -0.05) is 23.7 Å². The normalized spacial score (nSPS) is 29.1. The van der Waals surface area contributed by atoms with Crippen LogP contribution in [-0.2, 0) is 9.84 Å². The van der Waals surface area contributed by atoms with Crippen molar-refractivity contribution in [2.24, 2.45) is 5.92 Å². The highest BCUT2D eigenvalue weighted by atomic mass is 35.5. The molecule has 5 heteroatoms. The van der Waals surface area contributed by atoms with Crippen LogP contribution in [-0.4, -0.2) is 31.6 Å². The zero-order chi connectivity index (χ0) is 11.9. The van der Waals surface area contributed by atoms with E-state index >= 15 is 0 Å². The predicted octanol–water partition coefficient (Wildman–Crippen LogP) is 1.46. The van der Waals surface area contributed by atoms with Gasteiger partial charge in [0.15, 0.2) is 9.84 Å². The topological polar surface area (TPSA) is 54.4 Å². The molecule has 1 aliphatic rings. The molecule has 1 N–H and O–H groups in total. The smallest absolute Gasteiger partial charge is 0.151 e. The first-order chi connectivity index (χ1) is 7.45. The summed E-state index contributed by atoms with van der Waals surface area (Å²) in [6.45, 7) is -0.102. The summed E-state index contributed by atoms with van der Waals surface area (Å²) in [6, 6.07) is 7.16. The van der Waals surface area contributed by atoms with E-state index in [0.29, 0.717) is 5.02 Å². The number of sulfone groups is 1. The van der Waals surface area contributed by atoms with Crippen LogP contribution < -0.4 is 0 Å². The minimum absolute atomic E-state index is 0.102. The molecule has 0 heterocycles. The van der Waals surface area contributed by atoms with Crippen LogP contribution >= 0.6 is 11.6 Å². The molecule has 0 amide bonds. The second-order valence-corrected chi connectivity index (χ2v) is 6.86. The molecule has 0 saturated heterocycles. The molecule has 1 aliphatic carbocycles. The molecule has 0 spiro atoms. The van der Waals surface area contributed by atoms with Crippen molar-refractivity contribution in [3.8, 4) is 0 Å². The Morgan fingerprint density at radius 1 is 1.44 bits per heavy atom. The van der Waals surface area contributed by atoms with E-state index in [2.05, 4.69) is 0 Å². The maximum Gasteiger partial charge on any atom is 0.151 e. The SMILES string of the molecule is CS(=O)(=O)[C@H]1[C@H](CO)[C@@H]1c1cccc(Cl)c1. The third-order valence-corrected chi connectivity index (χ3v) is 4.90. The van der Waals surface area contributed by atoms with Gasteiger partial charge in [0.2, 0.25) is 0 Å². The molecule has 0 radical (unpaired) electrons. The van der Waals surface area contributed by atoms with Crippen molar-refractivity contribution < 1.29 is 13.5 Å². The Balaban J connectivity index is 2.30. The minimum Gasteiger partial charge on any atom is -0.396 e. The van der Waals surface area contributed by atoms with E-state index in [1.807, 2.05) is 6.07 Å². The zero-order valence-electron chi connectivity index (χ0n) is 8.80. The maximum atomic E-state index is 11.5. The summed E-state index contributed by atoms with van der Waals surface area (Å²) >= 11 is 5.86. The van der Waals surface area contributed by atoms with Crippen molar-refractivity contribution >= 4 is 21.4 Å². The van der Waals surface area contributed by atoms with Gasteiger partial charge in [0.25, 0.3) is 0 Å². The van der Waals surface area contributed by atoms with Crippen LogP contribution in [0.25, 0.3) is 0 Å². The number of benzene rings is 1. The molecule has 1 saturated carbocycles. The van der Waals surface area contributed by atoms with Gasteiger partial charge in [0.1, 0.15) is 0 Å². The van der Waals surface area contributed by atoms with Crippen LogP contribution in [0.15, 0.2) is 24.3 Å². The Morgan fingerprint density at radius 2 is 2.12 bits per heavy atom. The molecule has 1 aromatic carbocycles. The lowest BCUT2D eigenvalue weighted by molar-refractivity contribution is 0.274. The van der Waals surface area contributed by atoms with Gasteiger partial charge in [0, 0.05) is 29.7 Å². The van der Waals surface area contributed by atoms with Crippen LogP contribution in [0, 0.1) is 5.92 Å². The van der Waals surface area contributed by atoms with Gasteiger partial charge in [-0.3, -0.25) is 0 Å². The summed E-state index contributed by atoms with van der Waals surface area (Å²) in [5, 5.41) is 9.27. The number of hydrogen-bond acceptors (Lipinski definition) is 3. The van der Waals surface area contributed by atoms with Crippen molar-refractivity contribution in [2.45, 2.75) is 11.2 Å². The highest BCUT2D eigenvalue weighted by molar-refractivity contribution is 7.91. The molecule has 88 valence electrons. The quantitative estimate of drug-likeness (QED) is 0.895. The molecule has 1 aromatic rings. The molecule has 16 heavy (non-hydrogen) atoms. The van der Waals surface area contributed by atoms with E-state index in [1.165, 1.54) is 6.26 Å². The molecule has 3 nitrogen and oxygen atoms in total. The molecule has 0 bridgehead atoms. The summed E-state index contributed by atoms with van der Waals surface area (Å²) in [5.74, 6) is -0.299. The highest BCUT2D eigenvalue weighted by Gasteiger charge is 2.56. The number of halogens is 1. The van der Waals surface area contributed by atoms with Crippen molar-refractivity contribution in [3.63, 3.8) is 0 Å². The van der Waals surface area contributed by atoms with E-state index in [4.69, 9.17) is 16.7 Å². The van der Waals surface area contributed by atoms with Gasteiger partial charge in [-0.05, 0) is 17.7 Å². The number of aliphatic hydroxyl groups excluding tert-OH is 1. The molecular weight excluding hydrogens is 248 g/mol. The summed E-state index contributed by atoms with van der Waals surface area (Å²) in [5.41, 5.74) is 0.891. The van der Waals surface area contributed by atoms with E-state index in [9.17, 15) is 8.42 Å². The largest absolute Gasteiger partial charge is 0.396 e. The van der Waals surface area contributed by atoms with Crippen molar-refractivity contribution in [1.82, 2.24) is 0 Å². The Hall–Kier alpha value is -0.580. The number of rotatable bonds is 3. The molecule has 3 atom stereocenters. The van der Waals surface area contributed by atoms with E-state index in [0.717, 1.165) is 5.56 Å². The maximum absolute atomic E-state index is 11.5. The van der Waals surface area contributed by atoms with Gasteiger partial charge in [0.05, 0.1) is 5.25 Å². The molecule has 2 rings (SSSR count). The fourth-order valence-electron chi connectivity index (χ4n) is 2.29. The first-order valence-electron chi connectivity index (χ1n) is 5.00. The standard InChI is InChI=1S/C11H13ClO3S/c1-16(14,15)11-9(6-13)10(11)7-3-2-4-8(12)5-7/h2-5,9-11,13H,6H2,1H3/t9-,10+,11+/m1/s1. The van der Waals surface area contributed by atoms with Gasteiger partial charge in [-0.15, -0.1) is 0 Å². The molecular formula is C11H13ClO3S. The van der Waals surface area contributed by atoms with E-state index in [1.54, 1.807) is 18.2 Å². The van der Waals surface area contributed by atoms with Gasteiger partial charge in [-0.2, -0.15) is 0 Å². The third-order valence-electron chi connectivity index (χ3n) is 3.04.